The molecule has 0 fully saturated rings. The zero-order valence-electron chi connectivity index (χ0n) is 11.9. The van der Waals surface area contributed by atoms with E-state index in [-0.39, 0.29) is 5.82 Å². The summed E-state index contributed by atoms with van der Waals surface area (Å²) in [5.41, 5.74) is 3.37. The fourth-order valence-electron chi connectivity index (χ4n) is 1.90. The molecule has 2 rings (SSSR count). The number of halogens is 1. The average molecular weight is 288 g/mol. The molecule has 0 heterocycles. The number of nitrogens with one attached hydrogen (secondary N) is 2. The highest BCUT2D eigenvalue weighted by Crippen LogP contribution is 2.17. The van der Waals surface area contributed by atoms with Gasteiger partial charge in [-0.2, -0.15) is 0 Å². The van der Waals surface area contributed by atoms with E-state index in [9.17, 15) is 9.18 Å². The molecule has 0 aliphatic rings. The number of amides is 1. The van der Waals surface area contributed by atoms with E-state index in [1.807, 2.05) is 19.1 Å². The molecular weight excluding hydrogens is 271 g/mol. The van der Waals surface area contributed by atoms with Crippen LogP contribution >= 0.6 is 0 Å². The molecule has 0 radical (unpaired) electrons. The third kappa shape index (κ3) is 4.21. The lowest BCUT2D eigenvalue weighted by molar-refractivity contribution is 0.187. The van der Waals surface area contributed by atoms with Gasteiger partial charge in [-0.1, -0.05) is 12.1 Å². The van der Waals surface area contributed by atoms with Gasteiger partial charge in [0.1, 0.15) is 5.82 Å². The highest BCUT2D eigenvalue weighted by molar-refractivity contribution is 5.85. The number of carbonyl (C=O) groups excluding carboxylic acids is 1. The number of benzene rings is 2. The Morgan fingerprint density at radius 1 is 1.19 bits per heavy atom. The molecular formula is C16H17FN2O2. The maximum Gasteiger partial charge on any atom is 0.411 e. The molecule has 5 heteroatoms. The van der Waals surface area contributed by atoms with Crippen LogP contribution in [0.4, 0.5) is 20.6 Å². The average Bonchev–Trinajstić information content (AvgIpc) is 2.48. The lowest BCUT2D eigenvalue weighted by Crippen LogP contribution is -2.11. The second kappa shape index (κ2) is 6.74. The summed E-state index contributed by atoms with van der Waals surface area (Å²) in [6.07, 6.45) is -0.520. The van der Waals surface area contributed by atoms with Crippen molar-refractivity contribution in [2.24, 2.45) is 0 Å². The second-order valence-electron chi connectivity index (χ2n) is 4.62. The van der Waals surface area contributed by atoms with Gasteiger partial charge in [-0.05, 0) is 48.4 Å². The summed E-state index contributed by atoms with van der Waals surface area (Å²) in [5, 5.41) is 5.79. The molecule has 2 N–H and O–H groups in total. The zero-order chi connectivity index (χ0) is 15.2. The van der Waals surface area contributed by atoms with Gasteiger partial charge in [-0.15, -0.1) is 0 Å². The van der Waals surface area contributed by atoms with Crippen molar-refractivity contribution in [3.05, 3.63) is 59.4 Å². The zero-order valence-corrected chi connectivity index (χ0v) is 11.9. The van der Waals surface area contributed by atoms with Crippen LogP contribution in [0.5, 0.6) is 0 Å². The van der Waals surface area contributed by atoms with Crippen molar-refractivity contribution in [3.8, 4) is 0 Å². The number of methoxy groups -OCH3 is 1. The van der Waals surface area contributed by atoms with E-state index in [0.717, 1.165) is 16.8 Å². The maximum absolute atomic E-state index is 13.2. The molecule has 0 unspecified atom stereocenters. The summed E-state index contributed by atoms with van der Waals surface area (Å²) >= 11 is 0. The lowest BCUT2D eigenvalue weighted by atomic mass is 10.1. The van der Waals surface area contributed by atoms with Gasteiger partial charge in [-0.3, -0.25) is 5.32 Å². The number of hydrogen-bond donors (Lipinski definition) is 2. The largest absolute Gasteiger partial charge is 0.453 e. The molecule has 0 saturated heterocycles. The minimum atomic E-state index is -0.520. The molecule has 1 amide bonds. The van der Waals surface area contributed by atoms with E-state index >= 15 is 0 Å². The normalized spacial score (nSPS) is 10.0. The molecule has 0 atom stereocenters. The van der Waals surface area contributed by atoms with Crippen molar-refractivity contribution in [1.82, 2.24) is 0 Å². The lowest BCUT2D eigenvalue weighted by Gasteiger charge is -2.11. The standard InChI is InChI=1S/C16H17FN2O2/c1-11-6-7-13(17)8-12(11)10-18-14-4-3-5-15(9-14)19-16(20)21-2/h3-9,18H,10H2,1-2H3,(H,19,20). The van der Waals surface area contributed by atoms with Crippen molar-refractivity contribution in [1.29, 1.82) is 0 Å². The number of carbonyl (C=O) groups is 1. The molecule has 0 bridgehead atoms. The van der Waals surface area contributed by atoms with Gasteiger partial charge < -0.3 is 10.1 Å². The van der Waals surface area contributed by atoms with Crippen LogP contribution in [0.3, 0.4) is 0 Å². The molecule has 2 aromatic rings. The van der Waals surface area contributed by atoms with Gasteiger partial charge in [0.25, 0.3) is 0 Å². The van der Waals surface area contributed by atoms with Crippen LogP contribution in [-0.4, -0.2) is 13.2 Å². The Morgan fingerprint density at radius 2 is 1.95 bits per heavy atom. The summed E-state index contributed by atoms with van der Waals surface area (Å²) in [6, 6.07) is 11.9. The predicted octanol–water partition coefficient (Wildman–Crippen LogP) is 3.92. The Kier molecular flexibility index (Phi) is 4.77. The van der Waals surface area contributed by atoms with Crippen LogP contribution in [0.25, 0.3) is 0 Å². The van der Waals surface area contributed by atoms with Crippen LogP contribution in [0.15, 0.2) is 42.5 Å². The fourth-order valence-corrected chi connectivity index (χ4v) is 1.90. The number of anilines is 2. The van der Waals surface area contributed by atoms with E-state index in [1.54, 1.807) is 18.2 Å². The van der Waals surface area contributed by atoms with Gasteiger partial charge in [0.15, 0.2) is 0 Å². The molecule has 0 aliphatic heterocycles. The van der Waals surface area contributed by atoms with E-state index in [4.69, 9.17) is 0 Å². The summed E-state index contributed by atoms with van der Waals surface area (Å²) in [4.78, 5) is 11.2. The van der Waals surface area contributed by atoms with Crippen molar-refractivity contribution >= 4 is 17.5 Å². The fraction of sp³-hybridized carbons (Fsp3) is 0.188. The monoisotopic (exact) mass is 288 g/mol. The minimum absolute atomic E-state index is 0.251. The summed E-state index contributed by atoms with van der Waals surface area (Å²) < 4.78 is 17.8. The SMILES string of the molecule is COC(=O)Nc1cccc(NCc2cc(F)ccc2C)c1. The van der Waals surface area contributed by atoms with Crippen molar-refractivity contribution in [2.45, 2.75) is 13.5 Å². The molecule has 0 aromatic heterocycles. The Labute approximate surface area is 122 Å². The summed E-state index contributed by atoms with van der Waals surface area (Å²) in [6.45, 7) is 2.44. The van der Waals surface area contributed by atoms with Gasteiger partial charge in [-0.25, -0.2) is 9.18 Å². The van der Waals surface area contributed by atoms with Crippen LogP contribution in [0.2, 0.25) is 0 Å². The predicted molar refractivity (Wildman–Crippen MR) is 80.9 cm³/mol. The number of aryl methyl sites for hydroxylation is 1. The third-order valence-corrected chi connectivity index (χ3v) is 3.09. The smallest absolute Gasteiger partial charge is 0.411 e. The van der Waals surface area contributed by atoms with E-state index in [0.29, 0.717) is 12.2 Å². The molecule has 0 spiro atoms. The Bertz CT molecular complexity index is 644. The van der Waals surface area contributed by atoms with Crippen LogP contribution in [0.1, 0.15) is 11.1 Å². The van der Waals surface area contributed by atoms with E-state index in [2.05, 4.69) is 15.4 Å². The molecule has 2 aromatic carbocycles. The number of hydrogen-bond acceptors (Lipinski definition) is 3. The molecule has 4 nitrogen and oxygen atoms in total. The first-order valence-corrected chi connectivity index (χ1v) is 6.52. The Hall–Kier alpha value is -2.56. The summed E-state index contributed by atoms with van der Waals surface area (Å²) in [7, 11) is 1.31. The van der Waals surface area contributed by atoms with Crippen molar-refractivity contribution in [3.63, 3.8) is 0 Å². The van der Waals surface area contributed by atoms with Crippen molar-refractivity contribution in [2.75, 3.05) is 17.7 Å². The van der Waals surface area contributed by atoms with Crippen LogP contribution in [0, 0.1) is 12.7 Å². The Morgan fingerprint density at radius 3 is 2.71 bits per heavy atom. The van der Waals surface area contributed by atoms with Gasteiger partial charge in [0.2, 0.25) is 0 Å². The second-order valence-corrected chi connectivity index (χ2v) is 4.62. The summed E-state index contributed by atoms with van der Waals surface area (Å²) in [5.74, 6) is -0.251. The van der Waals surface area contributed by atoms with E-state index in [1.165, 1.54) is 19.2 Å². The van der Waals surface area contributed by atoms with Gasteiger partial charge in [0.05, 0.1) is 7.11 Å². The number of ether oxygens (including phenoxy) is 1. The van der Waals surface area contributed by atoms with Crippen LogP contribution < -0.4 is 10.6 Å². The van der Waals surface area contributed by atoms with Gasteiger partial charge >= 0.3 is 6.09 Å². The molecule has 110 valence electrons. The topological polar surface area (TPSA) is 50.4 Å². The minimum Gasteiger partial charge on any atom is -0.453 e. The Balaban J connectivity index is 2.04. The quantitative estimate of drug-likeness (QED) is 0.896. The molecule has 0 saturated carbocycles. The third-order valence-electron chi connectivity index (χ3n) is 3.09. The maximum atomic E-state index is 13.2. The first-order chi connectivity index (χ1) is 10.1. The van der Waals surface area contributed by atoms with Gasteiger partial charge in [0, 0.05) is 17.9 Å². The highest BCUT2D eigenvalue weighted by atomic mass is 19.1. The first kappa shape index (κ1) is 14.8. The highest BCUT2D eigenvalue weighted by Gasteiger charge is 2.03. The number of rotatable bonds is 4. The van der Waals surface area contributed by atoms with Crippen molar-refractivity contribution < 1.29 is 13.9 Å². The molecule has 21 heavy (non-hydrogen) atoms. The first-order valence-electron chi connectivity index (χ1n) is 6.52. The van der Waals surface area contributed by atoms with Crippen LogP contribution in [-0.2, 0) is 11.3 Å². The molecule has 0 aliphatic carbocycles. The van der Waals surface area contributed by atoms with E-state index < -0.39 is 6.09 Å².